The number of aromatic nitrogens is 5. The summed E-state index contributed by atoms with van der Waals surface area (Å²) in [6, 6.07) is 2.11. The van der Waals surface area contributed by atoms with Crippen molar-refractivity contribution in [1.82, 2.24) is 25.0 Å². The van der Waals surface area contributed by atoms with E-state index in [-0.39, 0.29) is 42.2 Å². The largest absolute Gasteiger partial charge is 0.394 e. The molecule has 1 saturated carbocycles. The van der Waals surface area contributed by atoms with Crippen LogP contribution in [-0.4, -0.2) is 88.6 Å². The summed E-state index contributed by atoms with van der Waals surface area (Å²) in [6.07, 6.45) is -4.10. The molecule has 38 heavy (non-hydrogen) atoms. The Bertz CT molecular complexity index is 1280. The van der Waals surface area contributed by atoms with Crippen LogP contribution in [0.2, 0.25) is 0 Å². The number of thioether (sulfide) groups is 1. The number of anilines is 1. The highest BCUT2D eigenvalue weighted by Crippen LogP contribution is 2.35. The molecule has 5 atom stereocenters. The van der Waals surface area contributed by atoms with Crippen LogP contribution in [0.5, 0.6) is 0 Å². The number of benzene rings is 1. The second kappa shape index (κ2) is 12.4. The highest BCUT2D eigenvalue weighted by molar-refractivity contribution is 7.99. The molecule has 15 heteroatoms. The Morgan fingerprint density at radius 1 is 1.26 bits per heavy atom. The second-order valence-corrected chi connectivity index (χ2v) is 9.83. The molecule has 1 aliphatic carbocycles. The fourth-order valence-corrected chi connectivity index (χ4v) is 4.85. The minimum atomic E-state index is -1.40. The maximum atomic E-state index is 13.5. The van der Waals surface area contributed by atoms with Gasteiger partial charge < -0.3 is 30.5 Å². The van der Waals surface area contributed by atoms with Gasteiger partial charge in [0.15, 0.2) is 33.8 Å². The Balaban J connectivity index is 1.60. The van der Waals surface area contributed by atoms with Gasteiger partial charge in [-0.2, -0.15) is 0 Å². The van der Waals surface area contributed by atoms with Gasteiger partial charge in [-0.3, -0.25) is 4.79 Å². The monoisotopic (exact) mass is 554 g/mol. The van der Waals surface area contributed by atoms with Gasteiger partial charge in [0.05, 0.1) is 37.9 Å². The Morgan fingerprint density at radius 3 is 2.76 bits per heavy atom. The van der Waals surface area contributed by atoms with Crippen molar-refractivity contribution in [2.45, 2.75) is 61.8 Å². The molecule has 0 radical (unpaired) electrons. The zero-order valence-corrected chi connectivity index (χ0v) is 21.2. The first-order valence-electron chi connectivity index (χ1n) is 12.0. The number of hydrogen-bond donors (Lipinski definition) is 5. The first kappa shape index (κ1) is 28.2. The van der Waals surface area contributed by atoms with Crippen LogP contribution < -0.4 is 5.32 Å². The summed E-state index contributed by atoms with van der Waals surface area (Å²) >= 11 is 1.32. The van der Waals surface area contributed by atoms with E-state index in [1.807, 2.05) is 6.92 Å². The van der Waals surface area contributed by atoms with Crippen molar-refractivity contribution in [2.75, 3.05) is 24.3 Å². The third-order valence-corrected chi connectivity index (χ3v) is 7.09. The van der Waals surface area contributed by atoms with E-state index in [2.05, 4.69) is 25.6 Å². The molecule has 2 aromatic heterocycles. The molecule has 0 aliphatic heterocycles. The zero-order chi connectivity index (χ0) is 27.4. The molecule has 3 aromatic rings. The number of carbonyl (C=O) groups is 1. The van der Waals surface area contributed by atoms with Crippen molar-refractivity contribution < 1.29 is 38.7 Å². The number of hydrogen-bond acceptors (Lipinski definition) is 11. The Kier molecular flexibility index (Phi) is 9.17. The Labute approximate surface area is 220 Å². The van der Waals surface area contributed by atoms with Crippen molar-refractivity contribution in [3.63, 3.8) is 0 Å². The van der Waals surface area contributed by atoms with E-state index in [4.69, 9.17) is 9.84 Å². The summed E-state index contributed by atoms with van der Waals surface area (Å²) in [5.41, 5.74) is 0.348. The van der Waals surface area contributed by atoms with Crippen LogP contribution in [0.3, 0.4) is 0 Å². The van der Waals surface area contributed by atoms with E-state index < -0.39 is 54.4 Å². The summed E-state index contributed by atoms with van der Waals surface area (Å²) in [5, 5.41) is 51.5. The maximum absolute atomic E-state index is 13.5. The van der Waals surface area contributed by atoms with Crippen molar-refractivity contribution in [1.29, 1.82) is 0 Å². The molecule has 206 valence electrons. The molecule has 5 N–H and O–H groups in total. The number of halogens is 2. The van der Waals surface area contributed by atoms with Gasteiger partial charge in [-0.15, -0.1) is 5.10 Å². The van der Waals surface area contributed by atoms with Gasteiger partial charge in [-0.25, -0.2) is 23.4 Å². The smallest absolute Gasteiger partial charge is 0.228 e. The van der Waals surface area contributed by atoms with Crippen LogP contribution in [0.1, 0.15) is 43.9 Å². The summed E-state index contributed by atoms with van der Waals surface area (Å²) < 4.78 is 33.5. The lowest BCUT2D eigenvalue weighted by atomic mass is 10.1. The number of fused-ring (bicyclic) bond motifs is 1. The molecular weight excluding hydrogens is 526 g/mol. The Morgan fingerprint density at radius 2 is 2.05 bits per heavy atom. The molecule has 1 unspecified atom stereocenters. The molecule has 2 heterocycles. The Hall–Kier alpha value is -2.82. The van der Waals surface area contributed by atoms with Gasteiger partial charge in [-0.1, -0.05) is 30.0 Å². The van der Waals surface area contributed by atoms with Gasteiger partial charge in [0, 0.05) is 12.2 Å². The molecule has 1 amide bonds. The topological polar surface area (TPSA) is 176 Å². The predicted molar refractivity (Wildman–Crippen MR) is 131 cm³/mol. The molecule has 12 nitrogen and oxygen atoms in total. The number of carbonyl (C=O) groups excluding carboxylic acids is 1. The van der Waals surface area contributed by atoms with Gasteiger partial charge in [-0.05, 0) is 24.1 Å². The van der Waals surface area contributed by atoms with Gasteiger partial charge in [0.25, 0.3) is 0 Å². The SMILES string of the molecule is CCCSc1nc(NC(=O)CC(O)c2ccc(F)c(F)c2)c2nnn([C@@H]3C[C@H](OCCO)[C@@H](O)[C@H]3O)c2n1. The zero-order valence-electron chi connectivity index (χ0n) is 20.4. The number of amides is 1. The molecule has 1 aliphatic rings. The molecule has 0 spiro atoms. The number of aliphatic hydroxyl groups is 4. The number of rotatable bonds is 11. The highest BCUT2D eigenvalue weighted by atomic mass is 32.2. The molecule has 4 rings (SSSR count). The summed E-state index contributed by atoms with van der Waals surface area (Å²) in [5.74, 6) is -2.19. The van der Waals surface area contributed by atoms with Crippen LogP contribution >= 0.6 is 11.8 Å². The van der Waals surface area contributed by atoms with Crippen molar-refractivity contribution in [3.8, 4) is 0 Å². The molecule has 0 saturated heterocycles. The van der Waals surface area contributed by atoms with Crippen molar-refractivity contribution >= 4 is 34.7 Å². The van der Waals surface area contributed by atoms with Crippen LogP contribution in [0.25, 0.3) is 11.2 Å². The van der Waals surface area contributed by atoms with Crippen LogP contribution in [-0.2, 0) is 9.53 Å². The molecule has 0 bridgehead atoms. The minimum absolute atomic E-state index is 0.00809. The van der Waals surface area contributed by atoms with Gasteiger partial charge in [0.1, 0.15) is 12.2 Å². The third-order valence-electron chi connectivity index (χ3n) is 6.04. The minimum Gasteiger partial charge on any atom is -0.394 e. The van der Waals surface area contributed by atoms with E-state index in [0.717, 1.165) is 18.6 Å². The summed E-state index contributed by atoms with van der Waals surface area (Å²) in [7, 11) is 0. The molecular formula is C23H28F2N6O6S. The highest BCUT2D eigenvalue weighted by Gasteiger charge is 2.44. The standard InChI is InChI=1S/C23H28F2N6O6S/c1-2-7-38-23-27-21(26-17(34)10-15(33)11-3-4-12(24)13(25)8-11)18-22(28-23)31(30-29-18)14-9-16(37-6-5-32)20(36)19(14)35/h3-4,8,14-16,19-20,32-33,35-36H,2,5-7,9-10H2,1H3,(H,26,27,28,34)/t14-,15?,16+,19+,20-/m1/s1. The van der Waals surface area contributed by atoms with Crippen molar-refractivity contribution in [3.05, 3.63) is 35.4 Å². The van der Waals surface area contributed by atoms with E-state index in [1.165, 1.54) is 22.5 Å². The number of ether oxygens (including phenoxy) is 1. The van der Waals surface area contributed by atoms with Crippen LogP contribution in [0, 0.1) is 11.6 Å². The van der Waals surface area contributed by atoms with Crippen LogP contribution in [0.4, 0.5) is 14.6 Å². The van der Waals surface area contributed by atoms with Gasteiger partial charge >= 0.3 is 0 Å². The first-order chi connectivity index (χ1) is 18.2. The normalized spacial score (nSPS) is 22.2. The van der Waals surface area contributed by atoms with Gasteiger partial charge in [0.2, 0.25) is 5.91 Å². The second-order valence-electron chi connectivity index (χ2n) is 8.77. The lowest BCUT2D eigenvalue weighted by molar-refractivity contribution is -0.118. The fourth-order valence-electron chi connectivity index (χ4n) is 4.15. The van der Waals surface area contributed by atoms with E-state index in [0.29, 0.717) is 10.9 Å². The van der Waals surface area contributed by atoms with E-state index in [1.54, 1.807) is 0 Å². The molecule has 1 aromatic carbocycles. The van der Waals surface area contributed by atoms with E-state index in [9.17, 15) is 28.9 Å². The fraction of sp³-hybridized carbons (Fsp3) is 0.522. The molecule has 1 fully saturated rings. The quantitative estimate of drug-likeness (QED) is 0.170. The number of nitrogens with one attached hydrogen (secondary N) is 1. The van der Waals surface area contributed by atoms with Crippen LogP contribution in [0.15, 0.2) is 23.4 Å². The number of nitrogens with zero attached hydrogens (tertiary/aromatic N) is 5. The lowest BCUT2D eigenvalue weighted by Gasteiger charge is -2.17. The summed E-state index contributed by atoms with van der Waals surface area (Å²) in [4.78, 5) is 21.6. The lowest BCUT2D eigenvalue weighted by Crippen LogP contribution is -2.33. The van der Waals surface area contributed by atoms with E-state index >= 15 is 0 Å². The summed E-state index contributed by atoms with van der Waals surface area (Å²) in [6.45, 7) is 1.73. The predicted octanol–water partition coefficient (Wildman–Crippen LogP) is 1.11. The third kappa shape index (κ3) is 6.08. The number of aliphatic hydroxyl groups excluding tert-OH is 4. The van der Waals surface area contributed by atoms with Crippen molar-refractivity contribution in [2.24, 2.45) is 0 Å². The average Bonchev–Trinajstić information content (AvgIpc) is 3.43. The first-order valence-corrected chi connectivity index (χ1v) is 13.0. The maximum Gasteiger partial charge on any atom is 0.228 e. The average molecular weight is 555 g/mol.